The first-order valence-electron chi connectivity index (χ1n) is 11.3. The van der Waals surface area contributed by atoms with Crippen molar-refractivity contribution in [3.05, 3.63) is 29.8 Å². The zero-order valence-corrected chi connectivity index (χ0v) is 18.8. The first kappa shape index (κ1) is 24.4. The number of aliphatic hydroxyl groups is 2. The number of aliphatic hydroxyl groups excluding tert-OH is 1. The lowest BCUT2D eigenvalue weighted by atomic mass is 9.88. The van der Waals surface area contributed by atoms with Crippen molar-refractivity contribution in [1.82, 2.24) is 15.1 Å². The zero-order chi connectivity index (χ0) is 23.0. The number of carbonyl (C=O) groups excluding carboxylic acids is 2. The summed E-state index contributed by atoms with van der Waals surface area (Å²) in [4.78, 5) is 27.1. The number of nitrogens with zero attached hydrogens (tertiary/aromatic N) is 2. The Labute approximate surface area is 189 Å². The number of carbonyl (C=O) groups is 2. The third-order valence-electron chi connectivity index (χ3n) is 6.12. The maximum atomic E-state index is 11.6. The molecule has 2 saturated heterocycles. The third-order valence-corrected chi connectivity index (χ3v) is 6.12. The Bertz CT molecular complexity index is 759. The number of benzene rings is 1. The van der Waals surface area contributed by atoms with E-state index in [1.165, 1.54) is 7.11 Å². The number of β-amino-alcohol motifs (C(OH)–C–C–N with tert-alkyl or cyclic N) is 1. The van der Waals surface area contributed by atoms with Crippen molar-refractivity contribution in [2.24, 2.45) is 0 Å². The van der Waals surface area contributed by atoms with Gasteiger partial charge in [0.15, 0.2) is 0 Å². The summed E-state index contributed by atoms with van der Waals surface area (Å²) < 4.78 is 10.5. The summed E-state index contributed by atoms with van der Waals surface area (Å²) >= 11 is 0. The number of piperidine rings is 1. The van der Waals surface area contributed by atoms with Gasteiger partial charge in [-0.05, 0) is 37.0 Å². The van der Waals surface area contributed by atoms with Crippen molar-refractivity contribution in [3.63, 3.8) is 0 Å². The van der Waals surface area contributed by atoms with Crippen LogP contribution in [0.5, 0.6) is 5.75 Å². The van der Waals surface area contributed by atoms with E-state index in [9.17, 15) is 19.8 Å². The SMILES string of the molecule is COCC(=O)NC[C@]1(O)CCN(Cc2ccc(OCCCN3CCCC3=O)cc2)C[C@H]1O. The summed E-state index contributed by atoms with van der Waals surface area (Å²) in [7, 11) is 1.43. The molecule has 3 N–H and O–H groups in total. The molecule has 0 unspecified atom stereocenters. The van der Waals surface area contributed by atoms with Crippen LogP contribution in [0.25, 0.3) is 0 Å². The van der Waals surface area contributed by atoms with E-state index in [2.05, 4.69) is 10.2 Å². The number of hydrogen-bond acceptors (Lipinski definition) is 7. The molecule has 178 valence electrons. The molecule has 0 bridgehead atoms. The van der Waals surface area contributed by atoms with Gasteiger partial charge in [-0.3, -0.25) is 14.5 Å². The summed E-state index contributed by atoms with van der Waals surface area (Å²) in [6, 6.07) is 7.85. The second-order valence-corrected chi connectivity index (χ2v) is 8.64. The summed E-state index contributed by atoms with van der Waals surface area (Å²) in [6.07, 6.45) is 1.85. The highest BCUT2D eigenvalue weighted by Gasteiger charge is 2.40. The van der Waals surface area contributed by atoms with Gasteiger partial charge < -0.3 is 29.9 Å². The second kappa shape index (κ2) is 11.6. The van der Waals surface area contributed by atoms with Gasteiger partial charge in [-0.25, -0.2) is 0 Å². The van der Waals surface area contributed by atoms with Crippen LogP contribution in [0, 0.1) is 0 Å². The highest BCUT2D eigenvalue weighted by atomic mass is 16.5. The molecule has 2 heterocycles. The van der Waals surface area contributed by atoms with Crippen LogP contribution in [0.3, 0.4) is 0 Å². The van der Waals surface area contributed by atoms with Gasteiger partial charge >= 0.3 is 0 Å². The Morgan fingerprint density at radius 3 is 2.72 bits per heavy atom. The van der Waals surface area contributed by atoms with Gasteiger partial charge in [0, 0.05) is 52.8 Å². The molecular weight excluding hydrogens is 414 g/mol. The Hall–Kier alpha value is -2.20. The standard InChI is InChI=1S/C23H35N3O6/c1-31-16-21(28)24-17-23(30)9-12-25(15-20(23)27)14-18-5-7-19(8-6-18)32-13-3-11-26-10-2-4-22(26)29/h5-8,20,27,30H,2-4,9-17H2,1H3,(H,24,28)/t20-,23-/m1/s1. The zero-order valence-electron chi connectivity index (χ0n) is 18.8. The monoisotopic (exact) mass is 449 g/mol. The van der Waals surface area contributed by atoms with Gasteiger partial charge in [0.05, 0.1) is 12.7 Å². The van der Waals surface area contributed by atoms with Gasteiger partial charge in [-0.1, -0.05) is 12.1 Å². The number of rotatable bonds is 11. The molecule has 0 aliphatic carbocycles. The first-order valence-corrected chi connectivity index (χ1v) is 11.3. The van der Waals surface area contributed by atoms with E-state index < -0.39 is 11.7 Å². The molecule has 2 aliphatic rings. The highest BCUT2D eigenvalue weighted by molar-refractivity contribution is 5.78. The van der Waals surface area contributed by atoms with Crippen molar-refractivity contribution >= 4 is 11.8 Å². The van der Waals surface area contributed by atoms with E-state index in [0.717, 1.165) is 37.2 Å². The number of hydrogen-bond donors (Lipinski definition) is 3. The molecule has 2 aliphatic heterocycles. The van der Waals surface area contributed by atoms with Crippen LogP contribution in [-0.4, -0.2) is 96.6 Å². The van der Waals surface area contributed by atoms with Crippen LogP contribution in [0.1, 0.15) is 31.2 Å². The predicted octanol–water partition coefficient (Wildman–Crippen LogP) is 0.138. The molecule has 32 heavy (non-hydrogen) atoms. The smallest absolute Gasteiger partial charge is 0.246 e. The largest absolute Gasteiger partial charge is 0.494 e. The molecule has 1 aromatic carbocycles. The molecule has 2 fully saturated rings. The van der Waals surface area contributed by atoms with Gasteiger partial charge in [-0.15, -0.1) is 0 Å². The number of amides is 2. The van der Waals surface area contributed by atoms with E-state index in [1.807, 2.05) is 29.2 Å². The van der Waals surface area contributed by atoms with E-state index >= 15 is 0 Å². The van der Waals surface area contributed by atoms with Crippen molar-refractivity contribution in [2.45, 2.75) is 43.9 Å². The average molecular weight is 450 g/mol. The molecular formula is C23H35N3O6. The van der Waals surface area contributed by atoms with E-state index in [4.69, 9.17) is 9.47 Å². The number of methoxy groups -OCH3 is 1. The van der Waals surface area contributed by atoms with Crippen LogP contribution in [0.15, 0.2) is 24.3 Å². The number of nitrogens with one attached hydrogen (secondary N) is 1. The normalized spacial score (nSPS) is 24.0. The van der Waals surface area contributed by atoms with Crippen molar-refractivity contribution in [1.29, 1.82) is 0 Å². The minimum atomic E-state index is -1.34. The van der Waals surface area contributed by atoms with E-state index in [-0.39, 0.29) is 25.0 Å². The fourth-order valence-corrected chi connectivity index (χ4v) is 4.14. The summed E-state index contributed by atoms with van der Waals surface area (Å²) in [5.74, 6) is 0.718. The summed E-state index contributed by atoms with van der Waals surface area (Å²) in [6.45, 7) is 3.69. The summed E-state index contributed by atoms with van der Waals surface area (Å²) in [5, 5.41) is 23.8. The Balaban J connectivity index is 1.38. The summed E-state index contributed by atoms with van der Waals surface area (Å²) in [5.41, 5.74) is -0.247. The van der Waals surface area contributed by atoms with E-state index in [0.29, 0.717) is 39.1 Å². The Morgan fingerprint density at radius 1 is 1.28 bits per heavy atom. The highest BCUT2D eigenvalue weighted by Crippen LogP contribution is 2.24. The molecule has 2 amide bonds. The fourth-order valence-electron chi connectivity index (χ4n) is 4.14. The van der Waals surface area contributed by atoms with Crippen LogP contribution < -0.4 is 10.1 Å². The molecule has 0 radical (unpaired) electrons. The molecule has 2 atom stereocenters. The predicted molar refractivity (Wildman–Crippen MR) is 118 cm³/mol. The average Bonchev–Trinajstić information content (AvgIpc) is 3.19. The number of ether oxygens (including phenoxy) is 2. The molecule has 9 heteroatoms. The van der Waals surface area contributed by atoms with E-state index in [1.54, 1.807) is 0 Å². The lowest BCUT2D eigenvalue weighted by Gasteiger charge is -2.42. The van der Waals surface area contributed by atoms with Gasteiger partial charge in [0.2, 0.25) is 11.8 Å². The molecule has 3 rings (SSSR count). The molecule has 0 saturated carbocycles. The van der Waals surface area contributed by atoms with Gasteiger partial charge in [-0.2, -0.15) is 0 Å². The second-order valence-electron chi connectivity index (χ2n) is 8.64. The van der Waals surface area contributed by atoms with Crippen molar-refractivity contribution in [3.8, 4) is 5.75 Å². The molecule has 9 nitrogen and oxygen atoms in total. The number of likely N-dealkylation sites (tertiary alicyclic amines) is 2. The minimum Gasteiger partial charge on any atom is -0.494 e. The van der Waals surface area contributed by atoms with Gasteiger partial charge in [0.1, 0.15) is 18.0 Å². The third kappa shape index (κ3) is 6.90. The Kier molecular flexibility index (Phi) is 8.86. The first-order chi connectivity index (χ1) is 15.4. The van der Waals surface area contributed by atoms with Crippen LogP contribution in [-0.2, 0) is 20.9 Å². The molecule has 0 spiro atoms. The van der Waals surface area contributed by atoms with Crippen LogP contribution in [0.4, 0.5) is 0 Å². The fraction of sp³-hybridized carbons (Fsp3) is 0.652. The molecule has 1 aromatic rings. The van der Waals surface area contributed by atoms with Crippen LogP contribution in [0.2, 0.25) is 0 Å². The van der Waals surface area contributed by atoms with Crippen molar-refractivity contribution < 1.29 is 29.3 Å². The topological polar surface area (TPSA) is 112 Å². The quantitative estimate of drug-likeness (QED) is 0.412. The minimum absolute atomic E-state index is 0.00214. The van der Waals surface area contributed by atoms with Crippen molar-refractivity contribution in [2.75, 3.05) is 53.0 Å². The maximum Gasteiger partial charge on any atom is 0.246 e. The lowest BCUT2D eigenvalue weighted by Crippen LogP contribution is -2.60. The lowest BCUT2D eigenvalue weighted by molar-refractivity contribution is -0.134. The molecule has 0 aromatic heterocycles. The Morgan fingerprint density at radius 2 is 2.06 bits per heavy atom. The van der Waals surface area contributed by atoms with Crippen LogP contribution >= 0.6 is 0 Å². The van der Waals surface area contributed by atoms with Gasteiger partial charge in [0.25, 0.3) is 0 Å². The maximum absolute atomic E-state index is 11.6.